The minimum Gasteiger partial charge on any atom is -0.453 e. The summed E-state index contributed by atoms with van der Waals surface area (Å²) in [5, 5.41) is 4.79. The van der Waals surface area contributed by atoms with E-state index in [0.717, 1.165) is 45.6 Å². The van der Waals surface area contributed by atoms with Gasteiger partial charge in [0, 0.05) is 22.5 Å². The Morgan fingerprint density at radius 1 is 0.439 bits per heavy atom. The average Bonchev–Trinajstić information content (AvgIpc) is 3.04. The Labute approximate surface area is 239 Å². The predicted molar refractivity (Wildman–Crippen MR) is 171 cm³/mol. The molecule has 3 nitrogen and oxygen atoms in total. The fourth-order valence-electron chi connectivity index (χ4n) is 5.95. The molecule has 7 aromatic carbocycles. The highest BCUT2D eigenvalue weighted by Gasteiger charge is 2.27. The third kappa shape index (κ3) is 3.90. The Bertz CT molecular complexity index is 1960. The van der Waals surface area contributed by atoms with Gasteiger partial charge in [-0.25, -0.2) is 0 Å². The van der Waals surface area contributed by atoms with Crippen molar-refractivity contribution < 1.29 is 4.74 Å². The van der Waals surface area contributed by atoms with Gasteiger partial charge in [0.1, 0.15) is 0 Å². The molecule has 0 unspecified atom stereocenters. The minimum absolute atomic E-state index is 0.815. The van der Waals surface area contributed by atoms with Gasteiger partial charge in [0.2, 0.25) is 0 Å². The molecule has 0 saturated carbocycles. The van der Waals surface area contributed by atoms with E-state index in [1.165, 1.54) is 21.5 Å². The predicted octanol–water partition coefficient (Wildman–Crippen LogP) is 11.0. The summed E-state index contributed by atoms with van der Waals surface area (Å²) in [5.41, 5.74) is 6.40. The van der Waals surface area contributed by atoms with Gasteiger partial charge in [-0.05, 0) is 59.3 Å². The van der Waals surface area contributed by atoms with Crippen LogP contribution in [0.5, 0.6) is 11.5 Å². The van der Waals surface area contributed by atoms with Crippen LogP contribution in [0.25, 0.3) is 21.5 Å². The van der Waals surface area contributed by atoms with Crippen LogP contribution in [0.4, 0.5) is 34.1 Å². The lowest BCUT2D eigenvalue weighted by atomic mass is 10.0. The van der Waals surface area contributed by atoms with Crippen molar-refractivity contribution >= 4 is 55.7 Å². The molecule has 7 aromatic rings. The quantitative estimate of drug-likeness (QED) is 0.227. The zero-order valence-electron chi connectivity index (χ0n) is 22.3. The van der Waals surface area contributed by atoms with E-state index in [0.29, 0.717) is 0 Å². The molecule has 1 aliphatic heterocycles. The summed E-state index contributed by atoms with van der Waals surface area (Å²) in [7, 11) is 0. The monoisotopic (exact) mass is 526 g/mol. The van der Waals surface area contributed by atoms with Gasteiger partial charge in [0.15, 0.2) is 11.5 Å². The van der Waals surface area contributed by atoms with Crippen molar-refractivity contribution in [3.63, 3.8) is 0 Å². The molecule has 3 heteroatoms. The average molecular weight is 527 g/mol. The van der Waals surface area contributed by atoms with Crippen molar-refractivity contribution in [2.24, 2.45) is 0 Å². The van der Waals surface area contributed by atoms with Crippen LogP contribution in [0.15, 0.2) is 158 Å². The molecule has 0 amide bonds. The van der Waals surface area contributed by atoms with E-state index in [2.05, 4.69) is 149 Å². The normalized spacial score (nSPS) is 12.0. The maximum Gasteiger partial charge on any atom is 0.153 e. The van der Waals surface area contributed by atoms with Crippen LogP contribution in [0, 0.1) is 0 Å². The molecule has 0 atom stereocenters. The van der Waals surface area contributed by atoms with Gasteiger partial charge in [-0.1, -0.05) is 103 Å². The number of benzene rings is 7. The number of rotatable bonds is 4. The number of nitrogens with zero attached hydrogens (tertiary/aromatic N) is 2. The molecule has 1 aliphatic rings. The molecule has 0 N–H and O–H groups in total. The SMILES string of the molecule is c1ccc(N2c3ccccc3Oc3cc(N(c4cccc5ccccc45)c4cccc5ccccc45)ccc32)cc1. The standard InChI is InChI=1S/C38H26N2O/c1-2-16-29(17-3-1)39-35-20-8-9-23-37(35)41-38-26-30(24-25-36(38)39)40(33-21-10-14-27-12-4-6-18-31(27)33)34-22-11-15-28-13-5-7-19-32(28)34/h1-26H. The van der Waals surface area contributed by atoms with Crippen LogP contribution < -0.4 is 14.5 Å². The van der Waals surface area contributed by atoms with Crippen LogP contribution in [0.3, 0.4) is 0 Å². The molecular weight excluding hydrogens is 500 g/mol. The number of hydrogen-bond acceptors (Lipinski definition) is 3. The first kappa shape index (κ1) is 23.4. The first-order valence-corrected chi connectivity index (χ1v) is 13.9. The van der Waals surface area contributed by atoms with Crippen molar-refractivity contribution in [1.82, 2.24) is 0 Å². The van der Waals surface area contributed by atoms with Crippen LogP contribution in [-0.4, -0.2) is 0 Å². The van der Waals surface area contributed by atoms with E-state index in [1.54, 1.807) is 0 Å². The Morgan fingerprint density at radius 2 is 1.00 bits per heavy atom. The maximum atomic E-state index is 6.60. The summed E-state index contributed by atoms with van der Waals surface area (Å²) >= 11 is 0. The van der Waals surface area contributed by atoms with Crippen molar-refractivity contribution in [3.8, 4) is 11.5 Å². The highest BCUT2D eigenvalue weighted by atomic mass is 16.5. The van der Waals surface area contributed by atoms with Crippen molar-refractivity contribution in [2.45, 2.75) is 0 Å². The zero-order chi connectivity index (χ0) is 27.2. The number of ether oxygens (including phenoxy) is 1. The number of hydrogen-bond donors (Lipinski definition) is 0. The molecule has 0 bridgehead atoms. The molecule has 0 aromatic heterocycles. The Morgan fingerprint density at radius 3 is 1.71 bits per heavy atom. The fraction of sp³-hybridized carbons (Fsp3) is 0. The van der Waals surface area contributed by atoms with E-state index in [1.807, 2.05) is 18.2 Å². The molecule has 0 aliphatic carbocycles. The first-order valence-electron chi connectivity index (χ1n) is 13.9. The number of fused-ring (bicyclic) bond motifs is 4. The van der Waals surface area contributed by atoms with Gasteiger partial charge >= 0.3 is 0 Å². The van der Waals surface area contributed by atoms with E-state index in [9.17, 15) is 0 Å². The molecule has 41 heavy (non-hydrogen) atoms. The lowest BCUT2D eigenvalue weighted by Crippen LogP contribution is -2.17. The summed E-state index contributed by atoms with van der Waals surface area (Å²) in [4.78, 5) is 4.64. The van der Waals surface area contributed by atoms with Crippen molar-refractivity contribution in [1.29, 1.82) is 0 Å². The van der Waals surface area contributed by atoms with E-state index in [-0.39, 0.29) is 0 Å². The Kier molecular flexibility index (Phi) is 5.46. The Balaban J connectivity index is 1.37. The van der Waals surface area contributed by atoms with Gasteiger partial charge in [-0.15, -0.1) is 0 Å². The van der Waals surface area contributed by atoms with Crippen molar-refractivity contribution in [3.05, 3.63) is 158 Å². The molecule has 194 valence electrons. The van der Waals surface area contributed by atoms with Gasteiger partial charge in [0.05, 0.1) is 28.4 Å². The highest BCUT2D eigenvalue weighted by molar-refractivity contribution is 6.05. The van der Waals surface area contributed by atoms with Crippen LogP contribution in [0.1, 0.15) is 0 Å². The molecular formula is C38H26N2O. The summed E-state index contributed by atoms with van der Waals surface area (Å²) < 4.78 is 6.60. The largest absolute Gasteiger partial charge is 0.453 e. The Hall–Kier alpha value is -5.54. The lowest BCUT2D eigenvalue weighted by molar-refractivity contribution is 0.477. The van der Waals surface area contributed by atoms with Crippen molar-refractivity contribution in [2.75, 3.05) is 9.80 Å². The number of anilines is 6. The summed E-state index contributed by atoms with van der Waals surface area (Å²) in [5.74, 6) is 1.65. The van der Waals surface area contributed by atoms with Gasteiger partial charge in [-0.3, -0.25) is 0 Å². The third-order valence-corrected chi connectivity index (χ3v) is 7.80. The zero-order valence-corrected chi connectivity index (χ0v) is 22.3. The second-order valence-electron chi connectivity index (χ2n) is 10.2. The van der Waals surface area contributed by atoms with E-state index >= 15 is 0 Å². The lowest BCUT2D eigenvalue weighted by Gasteiger charge is -2.34. The molecule has 0 fully saturated rings. The molecule has 1 heterocycles. The summed E-state index contributed by atoms with van der Waals surface area (Å²) in [6.45, 7) is 0. The second kappa shape index (κ2) is 9.58. The number of para-hydroxylation sites is 3. The summed E-state index contributed by atoms with van der Waals surface area (Å²) in [6, 6.07) is 55.4. The highest BCUT2D eigenvalue weighted by Crippen LogP contribution is 2.52. The van der Waals surface area contributed by atoms with Gasteiger partial charge in [-0.2, -0.15) is 0 Å². The van der Waals surface area contributed by atoms with Gasteiger partial charge in [0.25, 0.3) is 0 Å². The molecule has 8 rings (SSSR count). The van der Waals surface area contributed by atoms with E-state index < -0.39 is 0 Å². The van der Waals surface area contributed by atoms with Gasteiger partial charge < -0.3 is 14.5 Å². The third-order valence-electron chi connectivity index (χ3n) is 7.80. The van der Waals surface area contributed by atoms with Crippen LogP contribution in [-0.2, 0) is 0 Å². The van der Waals surface area contributed by atoms with Crippen LogP contribution >= 0.6 is 0 Å². The molecule has 0 spiro atoms. The maximum absolute atomic E-state index is 6.60. The van der Waals surface area contributed by atoms with Crippen LogP contribution in [0.2, 0.25) is 0 Å². The molecule has 0 radical (unpaired) electrons. The summed E-state index contributed by atoms with van der Waals surface area (Å²) in [6.07, 6.45) is 0. The first-order chi connectivity index (χ1) is 20.3. The fourth-order valence-corrected chi connectivity index (χ4v) is 5.95. The second-order valence-corrected chi connectivity index (χ2v) is 10.2. The minimum atomic E-state index is 0.815. The topological polar surface area (TPSA) is 15.7 Å². The van der Waals surface area contributed by atoms with E-state index in [4.69, 9.17) is 4.74 Å². The molecule has 0 saturated heterocycles. The smallest absolute Gasteiger partial charge is 0.153 e.